The fraction of sp³-hybridized carbons (Fsp3) is 0.300. The second-order valence-electron chi connectivity index (χ2n) is 2.86. The van der Waals surface area contributed by atoms with E-state index in [2.05, 4.69) is 0 Å². The number of alkyl halides is 2. The van der Waals surface area contributed by atoms with Crippen LogP contribution in [0.15, 0.2) is 35.2 Å². The van der Waals surface area contributed by atoms with Gasteiger partial charge in [0.1, 0.15) is 0 Å². The van der Waals surface area contributed by atoms with E-state index in [1.807, 2.05) is 6.07 Å². The van der Waals surface area contributed by atoms with Crippen LogP contribution in [0.1, 0.15) is 6.92 Å². The second-order valence-corrected chi connectivity index (χ2v) is 3.91. The van der Waals surface area contributed by atoms with Crippen LogP contribution in [0.2, 0.25) is 0 Å². The predicted molar refractivity (Wildman–Crippen MR) is 52.8 cm³/mol. The van der Waals surface area contributed by atoms with Crippen molar-refractivity contribution >= 4 is 17.5 Å². The molecule has 0 spiro atoms. The van der Waals surface area contributed by atoms with Crippen molar-refractivity contribution in [3.05, 3.63) is 30.3 Å². The molecule has 14 heavy (non-hydrogen) atoms. The van der Waals surface area contributed by atoms with E-state index in [4.69, 9.17) is 0 Å². The minimum Gasteiger partial charge on any atom is -0.293 e. The first kappa shape index (κ1) is 11.2. The van der Waals surface area contributed by atoms with Gasteiger partial charge >= 0.3 is 5.92 Å². The molecule has 0 fully saturated rings. The maximum absolute atomic E-state index is 12.9. The Labute approximate surface area is 85.5 Å². The number of carbonyl (C=O) groups excluding carboxylic acids is 1. The Morgan fingerprint density at radius 1 is 1.36 bits per heavy atom. The molecule has 1 rings (SSSR count). The fourth-order valence-corrected chi connectivity index (χ4v) is 1.69. The molecule has 0 unspecified atom stereocenters. The van der Waals surface area contributed by atoms with Crippen LogP contribution in [0, 0.1) is 0 Å². The Bertz CT molecular complexity index is 311. The lowest BCUT2D eigenvalue weighted by Crippen LogP contribution is -2.28. The largest absolute Gasteiger partial charge is 0.314 e. The van der Waals surface area contributed by atoms with Crippen molar-refractivity contribution < 1.29 is 13.6 Å². The molecule has 1 aromatic rings. The highest BCUT2D eigenvalue weighted by molar-refractivity contribution is 7.99. The number of benzene rings is 1. The van der Waals surface area contributed by atoms with Crippen LogP contribution in [0.3, 0.4) is 0 Å². The van der Waals surface area contributed by atoms with Crippen LogP contribution < -0.4 is 0 Å². The van der Waals surface area contributed by atoms with Crippen molar-refractivity contribution in [2.24, 2.45) is 0 Å². The van der Waals surface area contributed by atoms with Gasteiger partial charge in [-0.25, -0.2) is 0 Å². The lowest BCUT2D eigenvalue weighted by molar-refractivity contribution is -0.137. The predicted octanol–water partition coefficient (Wildman–Crippen LogP) is 3.00. The van der Waals surface area contributed by atoms with Gasteiger partial charge in [0.15, 0.2) is 5.78 Å². The normalized spacial score (nSPS) is 11.4. The van der Waals surface area contributed by atoms with Crippen molar-refractivity contribution in [3.63, 3.8) is 0 Å². The van der Waals surface area contributed by atoms with E-state index in [1.165, 1.54) is 0 Å². The third-order valence-electron chi connectivity index (χ3n) is 1.68. The van der Waals surface area contributed by atoms with Gasteiger partial charge < -0.3 is 0 Å². The molecule has 1 nitrogen and oxygen atoms in total. The number of hydrogen-bond acceptors (Lipinski definition) is 2. The van der Waals surface area contributed by atoms with Crippen LogP contribution in [0.5, 0.6) is 0 Å². The third-order valence-corrected chi connectivity index (χ3v) is 2.79. The molecule has 0 atom stereocenters. The van der Waals surface area contributed by atoms with Crippen molar-refractivity contribution in [1.82, 2.24) is 0 Å². The molecular formula is C10H10F2OS. The molecule has 4 heteroatoms. The van der Waals surface area contributed by atoms with Gasteiger partial charge in [-0.1, -0.05) is 18.2 Å². The molecule has 0 aliphatic heterocycles. The van der Waals surface area contributed by atoms with Crippen LogP contribution >= 0.6 is 11.8 Å². The van der Waals surface area contributed by atoms with Crippen LogP contribution in [0.25, 0.3) is 0 Å². The first-order valence-corrected chi connectivity index (χ1v) is 5.07. The SMILES string of the molecule is CC(=O)C(F)(F)CSc1ccccc1. The second kappa shape index (κ2) is 4.55. The molecule has 0 aliphatic carbocycles. The Morgan fingerprint density at radius 3 is 2.43 bits per heavy atom. The molecular weight excluding hydrogens is 206 g/mol. The number of thioether (sulfide) groups is 1. The number of carbonyl (C=O) groups is 1. The van der Waals surface area contributed by atoms with Gasteiger partial charge in [-0.05, 0) is 12.1 Å². The zero-order valence-corrected chi connectivity index (χ0v) is 8.48. The minimum absolute atomic E-state index is 0.494. The van der Waals surface area contributed by atoms with E-state index < -0.39 is 17.5 Å². The summed E-state index contributed by atoms with van der Waals surface area (Å²) in [4.78, 5) is 11.3. The van der Waals surface area contributed by atoms with E-state index in [-0.39, 0.29) is 0 Å². The number of rotatable bonds is 4. The Hall–Kier alpha value is -0.900. The zero-order valence-electron chi connectivity index (χ0n) is 7.67. The van der Waals surface area contributed by atoms with Crippen molar-refractivity contribution in [2.45, 2.75) is 17.7 Å². The summed E-state index contributed by atoms with van der Waals surface area (Å²) in [5.74, 6) is -4.80. The molecule has 0 aliphatic rings. The van der Waals surface area contributed by atoms with Crippen LogP contribution in [0.4, 0.5) is 8.78 Å². The summed E-state index contributed by atoms with van der Waals surface area (Å²) in [7, 11) is 0. The first-order chi connectivity index (χ1) is 6.52. The average molecular weight is 216 g/mol. The molecule has 1 aromatic carbocycles. The van der Waals surface area contributed by atoms with Crippen LogP contribution in [-0.4, -0.2) is 17.5 Å². The summed E-state index contributed by atoms with van der Waals surface area (Å²) < 4.78 is 25.7. The van der Waals surface area contributed by atoms with Gasteiger partial charge in [-0.15, -0.1) is 11.8 Å². The topological polar surface area (TPSA) is 17.1 Å². The molecule has 0 aromatic heterocycles. The highest BCUT2D eigenvalue weighted by Gasteiger charge is 2.34. The smallest absolute Gasteiger partial charge is 0.293 e. The van der Waals surface area contributed by atoms with E-state index in [0.717, 1.165) is 23.6 Å². The number of halogens is 2. The van der Waals surface area contributed by atoms with E-state index in [9.17, 15) is 13.6 Å². The van der Waals surface area contributed by atoms with Crippen molar-refractivity contribution in [3.8, 4) is 0 Å². The molecule has 0 saturated carbocycles. The number of ketones is 1. The molecule has 0 radical (unpaired) electrons. The van der Waals surface area contributed by atoms with Crippen molar-refractivity contribution in [1.29, 1.82) is 0 Å². The molecule has 0 amide bonds. The van der Waals surface area contributed by atoms with Gasteiger partial charge in [0.2, 0.25) is 0 Å². The fourth-order valence-electron chi connectivity index (χ4n) is 0.792. The summed E-state index contributed by atoms with van der Waals surface area (Å²) in [6, 6.07) is 8.83. The van der Waals surface area contributed by atoms with Gasteiger partial charge in [0.25, 0.3) is 0 Å². The van der Waals surface area contributed by atoms with Gasteiger partial charge in [0, 0.05) is 11.8 Å². The van der Waals surface area contributed by atoms with Crippen LogP contribution in [-0.2, 0) is 4.79 Å². The molecule has 0 N–H and O–H groups in total. The van der Waals surface area contributed by atoms with Gasteiger partial charge in [0.05, 0.1) is 5.75 Å². The lowest BCUT2D eigenvalue weighted by atomic mass is 10.3. The highest BCUT2D eigenvalue weighted by Crippen LogP contribution is 2.26. The molecule has 76 valence electrons. The van der Waals surface area contributed by atoms with E-state index >= 15 is 0 Å². The molecule has 0 saturated heterocycles. The lowest BCUT2D eigenvalue weighted by Gasteiger charge is -2.11. The van der Waals surface area contributed by atoms with Crippen molar-refractivity contribution in [2.75, 3.05) is 5.75 Å². The summed E-state index contributed by atoms with van der Waals surface area (Å²) >= 11 is 0.985. The summed E-state index contributed by atoms with van der Waals surface area (Å²) in [6.45, 7) is 0.908. The quantitative estimate of drug-likeness (QED) is 0.720. The maximum Gasteiger partial charge on any atom is 0.314 e. The minimum atomic E-state index is -3.22. The first-order valence-electron chi connectivity index (χ1n) is 4.09. The third kappa shape index (κ3) is 3.10. The van der Waals surface area contributed by atoms with E-state index in [0.29, 0.717) is 0 Å². The monoisotopic (exact) mass is 216 g/mol. The molecule has 0 heterocycles. The maximum atomic E-state index is 12.9. The Kier molecular flexibility index (Phi) is 3.63. The summed E-state index contributed by atoms with van der Waals surface area (Å²) in [6.07, 6.45) is 0. The average Bonchev–Trinajstić information content (AvgIpc) is 2.16. The van der Waals surface area contributed by atoms with Gasteiger partial charge in [-0.2, -0.15) is 8.78 Å². The molecule has 0 bridgehead atoms. The highest BCUT2D eigenvalue weighted by atomic mass is 32.2. The Morgan fingerprint density at radius 2 is 1.93 bits per heavy atom. The summed E-state index contributed by atoms with van der Waals surface area (Å²) in [5.41, 5.74) is 0. The zero-order chi connectivity index (χ0) is 10.6. The number of Topliss-reactive ketones (excluding diaryl/α,β-unsaturated/α-hetero) is 1. The summed E-state index contributed by atoms with van der Waals surface area (Å²) in [5, 5.41) is 0. The Balaban J connectivity index is 2.53. The standard InChI is InChI=1S/C10H10F2OS/c1-8(13)10(11,12)7-14-9-5-3-2-4-6-9/h2-6H,7H2,1H3. The van der Waals surface area contributed by atoms with E-state index in [1.54, 1.807) is 24.3 Å². The number of hydrogen-bond donors (Lipinski definition) is 0. The van der Waals surface area contributed by atoms with Gasteiger partial charge in [-0.3, -0.25) is 4.79 Å².